The van der Waals surface area contributed by atoms with Crippen LogP contribution in [-0.2, 0) is 4.79 Å². The zero-order chi connectivity index (χ0) is 18.4. The molecule has 0 saturated heterocycles. The molecule has 0 aliphatic carbocycles. The monoisotopic (exact) mass is 349 g/mol. The summed E-state index contributed by atoms with van der Waals surface area (Å²) in [5.74, 6) is 0.0232. The molecule has 2 aromatic rings. The first-order chi connectivity index (χ1) is 12.5. The van der Waals surface area contributed by atoms with Gasteiger partial charge in [-0.15, -0.1) is 0 Å². The van der Waals surface area contributed by atoms with Gasteiger partial charge in [0.05, 0.1) is 23.9 Å². The van der Waals surface area contributed by atoms with Gasteiger partial charge in [-0.25, -0.2) is 4.79 Å². The second kappa shape index (κ2) is 5.91. The molecule has 0 aromatic heterocycles. The Labute approximate surface area is 151 Å². The molecule has 2 aromatic carbocycles. The molecule has 1 atom stereocenters. The van der Waals surface area contributed by atoms with E-state index < -0.39 is 6.04 Å². The molecule has 0 unspecified atom stereocenters. The number of nitrogens with zero attached hydrogens (tertiary/aromatic N) is 2. The highest BCUT2D eigenvalue weighted by molar-refractivity contribution is 6.11. The number of urea groups is 1. The van der Waals surface area contributed by atoms with Gasteiger partial charge in [-0.3, -0.25) is 9.69 Å². The number of hydrogen-bond acceptors (Lipinski definition) is 3. The molecule has 6 heteroatoms. The second-order valence-electron chi connectivity index (χ2n) is 6.62. The summed E-state index contributed by atoms with van der Waals surface area (Å²) in [6.07, 6.45) is 0. The highest BCUT2D eigenvalue weighted by Crippen LogP contribution is 2.37. The van der Waals surface area contributed by atoms with Gasteiger partial charge in [0.25, 0.3) is 5.91 Å². The molecule has 2 aliphatic heterocycles. The van der Waals surface area contributed by atoms with E-state index in [1.807, 2.05) is 31.2 Å². The minimum atomic E-state index is -0.530. The van der Waals surface area contributed by atoms with E-state index in [1.54, 1.807) is 36.2 Å². The van der Waals surface area contributed by atoms with E-state index in [4.69, 9.17) is 0 Å². The quantitative estimate of drug-likeness (QED) is 0.876. The number of phenolic OH excluding ortho intramolecular Hbond substituents is 1. The topological polar surface area (TPSA) is 72.9 Å². The fourth-order valence-corrected chi connectivity index (χ4v) is 3.42. The third kappa shape index (κ3) is 2.50. The molecule has 2 aliphatic rings. The zero-order valence-electron chi connectivity index (χ0n) is 14.6. The van der Waals surface area contributed by atoms with E-state index in [2.05, 4.69) is 5.32 Å². The summed E-state index contributed by atoms with van der Waals surface area (Å²) in [5, 5.41) is 12.4. The van der Waals surface area contributed by atoms with Crippen LogP contribution in [0, 0.1) is 6.92 Å². The molecular weight excluding hydrogens is 330 g/mol. The van der Waals surface area contributed by atoms with Crippen LogP contribution in [-0.4, -0.2) is 35.5 Å². The van der Waals surface area contributed by atoms with Crippen molar-refractivity contribution in [3.05, 3.63) is 70.9 Å². The van der Waals surface area contributed by atoms with Crippen LogP contribution in [0.1, 0.15) is 17.2 Å². The first kappa shape index (κ1) is 16.2. The van der Waals surface area contributed by atoms with Crippen LogP contribution in [0.25, 0.3) is 0 Å². The third-order valence-electron chi connectivity index (χ3n) is 4.93. The number of hydrogen-bond donors (Lipinski definition) is 2. The lowest BCUT2D eigenvalue weighted by Gasteiger charge is -2.31. The molecule has 132 valence electrons. The van der Waals surface area contributed by atoms with Crippen molar-refractivity contribution in [3.63, 3.8) is 0 Å². The molecule has 26 heavy (non-hydrogen) atoms. The van der Waals surface area contributed by atoms with Crippen molar-refractivity contribution in [2.24, 2.45) is 0 Å². The van der Waals surface area contributed by atoms with E-state index in [-0.39, 0.29) is 17.7 Å². The van der Waals surface area contributed by atoms with Crippen molar-refractivity contribution in [2.45, 2.75) is 13.0 Å². The van der Waals surface area contributed by atoms with Crippen LogP contribution in [0.2, 0.25) is 0 Å². The third-order valence-corrected chi connectivity index (χ3v) is 4.93. The Morgan fingerprint density at radius 2 is 1.69 bits per heavy atom. The van der Waals surface area contributed by atoms with Crippen LogP contribution in [0.4, 0.5) is 10.5 Å². The molecule has 0 radical (unpaired) electrons. The summed E-state index contributed by atoms with van der Waals surface area (Å²) in [7, 11) is 1.67. The highest BCUT2D eigenvalue weighted by atomic mass is 16.3. The smallest absolute Gasteiger partial charge is 0.322 e. The standard InChI is InChI=1S/C20H19N3O3/c1-12-3-7-14(8-4-12)23-11-16-17(19(23)25)18(21-20(26)22(16)2)13-5-9-15(24)10-6-13/h3-10,18,24H,11H2,1-2H3,(H,21,26)/t18-/m0/s1. The van der Waals surface area contributed by atoms with Gasteiger partial charge in [0.15, 0.2) is 0 Å². The summed E-state index contributed by atoms with van der Waals surface area (Å²) in [5.41, 5.74) is 3.96. The van der Waals surface area contributed by atoms with Gasteiger partial charge >= 0.3 is 6.03 Å². The lowest BCUT2D eigenvalue weighted by Crippen LogP contribution is -2.45. The molecule has 0 spiro atoms. The Hall–Kier alpha value is -3.28. The zero-order valence-corrected chi connectivity index (χ0v) is 14.6. The number of likely N-dealkylation sites (N-methyl/N-ethyl adjacent to an activating group) is 1. The number of benzene rings is 2. The Morgan fingerprint density at radius 1 is 1.04 bits per heavy atom. The number of amides is 3. The van der Waals surface area contributed by atoms with Crippen molar-refractivity contribution >= 4 is 17.6 Å². The van der Waals surface area contributed by atoms with Crippen molar-refractivity contribution < 1.29 is 14.7 Å². The average molecular weight is 349 g/mol. The van der Waals surface area contributed by atoms with Gasteiger partial charge in [0.2, 0.25) is 0 Å². The maximum Gasteiger partial charge on any atom is 0.322 e. The Balaban J connectivity index is 1.75. The minimum absolute atomic E-state index is 0.117. The van der Waals surface area contributed by atoms with Gasteiger partial charge in [-0.2, -0.15) is 0 Å². The first-order valence-corrected chi connectivity index (χ1v) is 8.40. The predicted molar refractivity (Wildman–Crippen MR) is 97.7 cm³/mol. The largest absolute Gasteiger partial charge is 0.508 e. The lowest BCUT2D eigenvalue weighted by atomic mass is 9.95. The van der Waals surface area contributed by atoms with Crippen LogP contribution >= 0.6 is 0 Å². The molecule has 3 amide bonds. The molecular formula is C20H19N3O3. The van der Waals surface area contributed by atoms with E-state index >= 15 is 0 Å². The minimum Gasteiger partial charge on any atom is -0.508 e. The maximum atomic E-state index is 13.2. The van der Waals surface area contributed by atoms with Crippen LogP contribution in [0.15, 0.2) is 59.8 Å². The Kier molecular flexibility index (Phi) is 3.68. The molecule has 2 heterocycles. The summed E-state index contributed by atoms with van der Waals surface area (Å²) >= 11 is 0. The second-order valence-corrected chi connectivity index (χ2v) is 6.62. The van der Waals surface area contributed by atoms with Gasteiger partial charge < -0.3 is 15.3 Å². The molecule has 0 fully saturated rings. The Morgan fingerprint density at radius 3 is 2.35 bits per heavy atom. The van der Waals surface area contributed by atoms with E-state index in [9.17, 15) is 14.7 Å². The number of aromatic hydroxyl groups is 1. The number of phenols is 1. The fraction of sp³-hybridized carbons (Fsp3) is 0.200. The number of anilines is 1. The lowest BCUT2D eigenvalue weighted by molar-refractivity contribution is -0.114. The first-order valence-electron chi connectivity index (χ1n) is 8.40. The number of aryl methyl sites for hydroxylation is 1. The number of carbonyl (C=O) groups is 2. The van der Waals surface area contributed by atoms with E-state index in [0.29, 0.717) is 17.8 Å². The van der Waals surface area contributed by atoms with Gasteiger partial charge in [0, 0.05) is 12.7 Å². The molecule has 0 saturated carbocycles. The van der Waals surface area contributed by atoms with Gasteiger partial charge in [-0.05, 0) is 36.8 Å². The molecule has 6 nitrogen and oxygen atoms in total. The number of nitrogens with one attached hydrogen (secondary N) is 1. The van der Waals surface area contributed by atoms with Crippen LogP contribution in [0.5, 0.6) is 5.75 Å². The number of rotatable bonds is 2. The Bertz CT molecular complexity index is 916. The fourth-order valence-electron chi connectivity index (χ4n) is 3.42. The molecule has 4 rings (SSSR count). The normalized spacial score (nSPS) is 19.7. The van der Waals surface area contributed by atoms with Crippen molar-refractivity contribution in [2.75, 3.05) is 18.5 Å². The van der Waals surface area contributed by atoms with Gasteiger partial charge in [0.1, 0.15) is 5.75 Å². The molecule has 2 N–H and O–H groups in total. The van der Waals surface area contributed by atoms with Crippen molar-refractivity contribution in [1.82, 2.24) is 10.2 Å². The van der Waals surface area contributed by atoms with E-state index in [0.717, 1.165) is 16.8 Å². The number of carbonyl (C=O) groups excluding carboxylic acids is 2. The van der Waals surface area contributed by atoms with E-state index in [1.165, 1.54) is 4.90 Å². The van der Waals surface area contributed by atoms with Crippen molar-refractivity contribution in [3.8, 4) is 5.75 Å². The predicted octanol–water partition coefficient (Wildman–Crippen LogP) is 2.70. The average Bonchev–Trinajstić information content (AvgIpc) is 2.97. The van der Waals surface area contributed by atoms with Crippen LogP contribution in [0.3, 0.4) is 0 Å². The van der Waals surface area contributed by atoms with Crippen LogP contribution < -0.4 is 10.2 Å². The van der Waals surface area contributed by atoms with Gasteiger partial charge in [-0.1, -0.05) is 29.8 Å². The summed E-state index contributed by atoms with van der Waals surface area (Å²) in [6, 6.07) is 13.5. The summed E-state index contributed by atoms with van der Waals surface area (Å²) in [4.78, 5) is 28.7. The SMILES string of the molecule is Cc1ccc(N2CC3=C(C2=O)[C@H](c2ccc(O)cc2)NC(=O)N3C)cc1. The summed E-state index contributed by atoms with van der Waals surface area (Å²) in [6.45, 7) is 2.35. The maximum absolute atomic E-state index is 13.2. The van der Waals surface area contributed by atoms with Crippen molar-refractivity contribution in [1.29, 1.82) is 0 Å². The molecule has 0 bridgehead atoms. The highest BCUT2D eigenvalue weighted by Gasteiger charge is 2.43. The summed E-state index contributed by atoms with van der Waals surface area (Å²) < 4.78 is 0.